The summed E-state index contributed by atoms with van der Waals surface area (Å²) in [5.74, 6) is -1.22. The van der Waals surface area contributed by atoms with Gasteiger partial charge in [-0.2, -0.15) is 17.5 Å². The zero-order valence-electron chi connectivity index (χ0n) is 16.7. The van der Waals surface area contributed by atoms with Crippen LogP contribution in [0.25, 0.3) is 0 Å². The van der Waals surface area contributed by atoms with Gasteiger partial charge >= 0.3 is 12.1 Å². The van der Waals surface area contributed by atoms with E-state index in [-0.39, 0.29) is 18.7 Å². The van der Waals surface area contributed by atoms with Gasteiger partial charge < -0.3 is 14.7 Å². The van der Waals surface area contributed by atoms with Crippen LogP contribution in [0.1, 0.15) is 11.1 Å². The molecule has 2 aromatic carbocycles. The molecule has 1 aliphatic heterocycles. The largest absolute Gasteiger partial charge is 0.480 e. The molecule has 0 unspecified atom stereocenters. The number of hydrogen-bond acceptors (Lipinski definition) is 5. The average molecular weight is 493 g/mol. The lowest BCUT2D eigenvalue weighted by atomic mass is 10.1. The van der Waals surface area contributed by atoms with E-state index in [0.717, 1.165) is 24.3 Å². The van der Waals surface area contributed by atoms with Gasteiger partial charge in [-0.25, -0.2) is 13.2 Å². The van der Waals surface area contributed by atoms with Crippen molar-refractivity contribution in [1.82, 2.24) is 4.31 Å². The molecule has 0 amide bonds. The Morgan fingerprint density at radius 3 is 2.25 bits per heavy atom. The van der Waals surface area contributed by atoms with Crippen LogP contribution in [0.2, 0.25) is 5.02 Å². The topological polar surface area (TPSA) is 87.2 Å². The van der Waals surface area contributed by atoms with Gasteiger partial charge in [0.1, 0.15) is 5.75 Å². The molecule has 0 aliphatic carbocycles. The standard InChI is InChI=1S/C20H20ClF3N2O5S/c21-16-5-6-18(31-12-19(27)28)17(11-16)25-7-9-26(10-8-25)32(29,30)13-14-1-3-15(4-2-14)20(22,23)24/h1-6,11H,7-10,12-13H2,(H,27,28). The second kappa shape index (κ2) is 9.55. The van der Waals surface area contributed by atoms with Gasteiger partial charge in [0.2, 0.25) is 10.0 Å². The first-order valence-corrected chi connectivity index (χ1v) is 11.5. The number of alkyl halides is 3. The molecule has 0 radical (unpaired) electrons. The van der Waals surface area contributed by atoms with Gasteiger partial charge in [-0.05, 0) is 35.9 Å². The van der Waals surface area contributed by atoms with Crippen molar-refractivity contribution in [3.8, 4) is 5.75 Å². The number of carbonyl (C=O) groups is 1. The Balaban J connectivity index is 1.66. The summed E-state index contributed by atoms with van der Waals surface area (Å²) in [4.78, 5) is 12.6. The number of benzene rings is 2. The molecule has 0 saturated carbocycles. The number of rotatable bonds is 7. The lowest BCUT2D eigenvalue weighted by molar-refractivity contribution is -0.139. The Hall–Kier alpha value is -2.50. The Morgan fingerprint density at radius 1 is 1.06 bits per heavy atom. The van der Waals surface area contributed by atoms with Crippen molar-refractivity contribution in [1.29, 1.82) is 0 Å². The number of carboxylic acid groups (broad SMARTS) is 1. The molecule has 32 heavy (non-hydrogen) atoms. The Morgan fingerprint density at radius 2 is 1.69 bits per heavy atom. The van der Waals surface area contributed by atoms with E-state index < -0.39 is 40.1 Å². The van der Waals surface area contributed by atoms with Crippen LogP contribution in [-0.2, 0) is 26.7 Å². The van der Waals surface area contributed by atoms with E-state index in [4.69, 9.17) is 21.4 Å². The van der Waals surface area contributed by atoms with Crippen molar-refractivity contribution >= 4 is 33.3 Å². The van der Waals surface area contributed by atoms with Crippen LogP contribution in [0.4, 0.5) is 18.9 Å². The Kier molecular flexibility index (Phi) is 7.21. The van der Waals surface area contributed by atoms with Crippen molar-refractivity contribution in [2.24, 2.45) is 0 Å². The fourth-order valence-corrected chi connectivity index (χ4v) is 4.98. The molecular formula is C20H20ClF3N2O5S. The molecule has 0 atom stereocenters. The van der Waals surface area contributed by atoms with Crippen LogP contribution >= 0.6 is 11.6 Å². The number of ether oxygens (including phenoxy) is 1. The van der Waals surface area contributed by atoms with Crippen molar-refractivity contribution in [3.63, 3.8) is 0 Å². The van der Waals surface area contributed by atoms with Gasteiger partial charge in [-0.1, -0.05) is 23.7 Å². The summed E-state index contributed by atoms with van der Waals surface area (Å²) in [5.41, 5.74) is -0.0205. The highest BCUT2D eigenvalue weighted by molar-refractivity contribution is 7.88. The molecule has 0 aromatic heterocycles. The Bertz CT molecular complexity index is 1070. The number of halogens is 4. The minimum atomic E-state index is -4.49. The molecule has 12 heteroatoms. The molecule has 3 rings (SSSR count). The van der Waals surface area contributed by atoms with Crippen LogP contribution in [0.5, 0.6) is 5.75 Å². The molecule has 1 aliphatic rings. The lowest BCUT2D eigenvalue weighted by Crippen LogP contribution is -2.49. The number of carboxylic acids is 1. The monoisotopic (exact) mass is 492 g/mol. The van der Waals surface area contributed by atoms with Crippen LogP contribution in [0.3, 0.4) is 0 Å². The number of anilines is 1. The quantitative estimate of drug-likeness (QED) is 0.637. The van der Waals surface area contributed by atoms with Gasteiger partial charge in [-0.3, -0.25) is 0 Å². The van der Waals surface area contributed by atoms with Crippen LogP contribution in [0.15, 0.2) is 42.5 Å². The van der Waals surface area contributed by atoms with Gasteiger partial charge in [0.15, 0.2) is 6.61 Å². The van der Waals surface area contributed by atoms with E-state index >= 15 is 0 Å². The molecule has 0 bridgehead atoms. The smallest absolute Gasteiger partial charge is 0.416 e. The number of nitrogens with zero attached hydrogens (tertiary/aromatic N) is 2. The summed E-state index contributed by atoms with van der Waals surface area (Å²) in [6.07, 6.45) is -4.49. The van der Waals surface area contributed by atoms with Crippen LogP contribution in [-0.4, -0.2) is 56.6 Å². The first kappa shape index (κ1) is 24.1. The highest BCUT2D eigenvalue weighted by atomic mass is 35.5. The maximum atomic E-state index is 12.8. The first-order valence-electron chi connectivity index (χ1n) is 9.49. The van der Waals surface area contributed by atoms with E-state index in [2.05, 4.69) is 0 Å². The SMILES string of the molecule is O=C(O)COc1ccc(Cl)cc1N1CCN(S(=O)(=O)Cc2ccc(C(F)(F)F)cc2)CC1. The minimum Gasteiger partial charge on any atom is -0.480 e. The third kappa shape index (κ3) is 6.05. The lowest BCUT2D eigenvalue weighted by Gasteiger charge is -2.36. The second-order valence-electron chi connectivity index (χ2n) is 7.13. The molecule has 1 N–H and O–H groups in total. The van der Waals surface area contributed by atoms with Gasteiger partial charge in [0.25, 0.3) is 0 Å². The zero-order chi connectivity index (χ0) is 23.5. The first-order chi connectivity index (χ1) is 15.0. The van der Waals surface area contributed by atoms with Crippen LogP contribution < -0.4 is 9.64 Å². The van der Waals surface area contributed by atoms with Gasteiger partial charge in [-0.15, -0.1) is 0 Å². The van der Waals surface area contributed by atoms with Crippen molar-refractivity contribution < 1.29 is 36.2 Å². The van der Waals surface area contributed by atoms with Gasteiger partial charge in [0.05, 0.1) is 17.0 Å². The summed E-state index contributed by atoms with van der Waals surface area (Å²) in [7, 11) is -3.74. The zero-order valence-corrected chi connectivity index (χ0v) is 18.3. The third-order valence-electron chi connectivity index (χ3n) is 4.88. The van der Waals surface area contributed by atoms with E-state index in [1.54, 1.807) is 18.2 Å². The highest BCUT2D eigenvalue weighted by Crippen LogP contribution is 2.33. The molecule has 174 valence electrons. The van der Waals surface area contributed by atoms with E-state index in [1.807, 2.05) is 4.90 Å². The average Bonchev–Trinajstić information content (AvgIpc) is 2.72. The number of hydrogen-bond donors (Lipinski definition) is 1. The van der Waals surface area contributed by atoms with Crippen LogP contribution in [0, 0.1) is 0 Å². The third-order valence-corrected chi connectivity index (χ3v) is 6.96. The normalized spacial score (nSPS) is 15.6. The molecule has 2 aromatic rings. The second-order valence-corrected chi connectivity index (χ2v) is 9.54. The predicted molar refractivity (Wildman–Crippen MR) is 112 cm³/mol. The summed E-state index contributed by atoms with van der Waals surface area (Å²) in [5, 5.41) is 9.25. The van der Waals surface area contributed by atoms with E-state index in [0.29, 0.717) is 29.5 Å². The molecular weight excluding hydrogens is 473 g/mol. The highest BCUT2D eigenvalue weighted by Gasteiger charge is 2.31. The van der Waals surface area contributed by atoms with E-state index in [9.17, 15) is 26.4 Å². The van der Waals surface area contributed by atoms with Crippen molar-refractivity contribution in [2.75, 3.05) is 37.7 Å². The van der Waals surface area contributed by atoms with Crippen molar-refractivity contribution in [3.05, 3.63) is 58.6 Å². The minimum absolute atomic E-state index is 0.147. The molecule has 1 fully saturated rings. The predicted octanol–water partition coefficient (Wildman–Crippen LogP) is 3.47. The fraction of sp³-hybridized carbons (Fsp3) is 0.350. The summed E-state index contributed by atoms with van der Waals surface area (Å²) in [6, 6.07) is 8.77. The summed E-state index contributed by atoms with van der Waals surface area (Å²) in [6.45, 7) is 0.365. The maximum absolute atomic E-state index is 12.8. The molecule has 1 heterocycles. The summed E-state index contributed by atoms with van der Waals surface area (Å²) >= 11 is 6.05. The number of aliphatic carboxylic acids is 1. The fourth-order valence-electron chi connectivity index (χ4n) is 3.30. The summed E-state index contributed by atoms with van der Waals surface area (Å²) < 4.78 is 70.2. The number of piperazine rings is 1. The molecule has 7 nitrogen and oxygen atoms in total. The maximum Gasteiger partial charge on any atom is 0.416 e. The van der Waals surface area contributed by atoms with E-state index in [1.165, 1.54) is 4.31 Å². The van der Waals surface area contributed by atoms with Gasteiger partial charge in [0, 0.05) is 31.2 Å². The Labute approximate surface area is 188 Å². The molecule has 0 spiro atoms. The van der Waals surface area contributed by atoms with Crippen molar-refractivity contribution in [2.45, 2.75) is 11.9 Å². The molecule has 1 saturated heterocycles. The number of sulfonamides is 1.